The molecule has 0 saturated carbocycles. The third kappa shape index (κ3) is 3.73. The molecule has 26 heavy (non-hydrogen) atoms. The molecule has 1 unspecified atom stereocenters. The van der Waals surface area contributed by atoms with Crippen molar-refractivity contribution in [3.63, 3.8) is 0 Å². The molecule has 142 valence electrons. The Kier molecular flexibility index (Phi) is 5.58. The van der Waals surface area contributed by atoms with Gasteiger partial charge in [0.15, 0.2) is 5.65 Å². The molecule has 1 N–H and O–H groups in total. The van der Waals surface area contributed by atoms with Crippen molar-refractivity contribution in [2.45, 2.75) is 33.7 Å². The minimum atomic E-state index is -0.0597. The molecule has 0 aromatic carbocycles. The molecule has 7 heteroatoms. The zero-order chi connectivity index (χ0) is 18.8. The van der Waals surface area contributed by atoms with Gasteiger partial charge in [0.1, 0.15) is 0 Å². The fourth-order valence-electron chi connectivity index (χ4n) is 3.74. The van der Waals surface area contributed by atoms with E-state index in [1.807, 2.05) is 27.0 Å². The van der Waals surface area contributed by atoms with Gasteiger partial charge in [0.25, 0.3) is 5.91 Å². The van der Waals surface area contributed by atoms with E-state index < -0.39 is 0 Å². The molecule has 3 rings (SSSR count). The Morgan fingerprint density at radius 2 is 2.00 bits per heavy atom. The smallest absolute Gasteiger partial charge is 0.252 e. The maximum absolute atomic E-state index is 13.0. The van der Waals surface area contributed by atoms with E-state index in [9.17, 15) is 4.79 Å². The summed E-state index contributed by atoms with van der Waals surface area (Å²) in [5, 5.41) is 8.41. The van der Waals surface area contributed by atoms with E-state index in [2.05, 4.69) is 34.1 Å². The molecular weight excluding hydrogens is 330 g/mol. The number of nitrogens with zero attached hydrogens (tertiary/aromatic N) is 4. The second kappa shape index (κ2) is 7.72. The number of rotatable bonds is 5. The number of hydrogen-bond donors (Lipinski definition) is 1. The van der Waals surface area contributed by atoms with E-state index >= 15 is 0 Å². The molecule has 1 amide bonds. The summed E-state index contributed by atoms with van der Waals surface area (Å²) in [6, 6.07) is 2.15. The van der Waals surface area contributed by atoms with E-state index in [1.165, 1.54) is 0 Å². The largest absolute Gasteiger partial charge is 0.379 e. The standard InChI is InChI=1S/C19H29N5O2/c1-12(2)16(24-6-8-26-9-7-24)11-20-19(25)15-10-13(3)21-18-17(15)14(4)22-23(18)5/h10,12,16H,6-9,11H2,1-5H3,(H,20,25). The second-order valence-electron chi connectivity index (χ2n) is 7.39. The number of aryl methyl sites for hydroxylation is 3. The predicted octanol–water partition coefficient (Wildman–Crippen LogP) is 1.67. The zero-order valence-corrected chi connectivity index (χ0v) is 16.4. The third-order valence-corrected chi connectivity index (χ3v) is 5.10. The Bertz CT molecular complexity index is 793. The fraction of sp³-hybridized carbons (Fsp3) is 0.632. The van der Waals surface area contributed by atoms with Gasteiger partial charge in [-0.2, -0.15) is 5.10 Å². The average molecular weight is 359 g/mol. The van der Waals surface area contributed by atoms with Gasteiger partial charge in [-0.25, -0.2) is 4.98 Å². The van der Waals surface area contributed by atoms with Crippen LogP contribution < -0.4 is 5.32 Å². The summed E-state index contributed by atoms with van der Waals surface area (Å²) in [4.78, 5) is 19.9. The van der Waals surface area contributed by atoms with Crippen LogP contribution in [-0.4, -0.2) is 64.5 Å². The Balaban J connectivity index is 1.80. The molecule has 2 aromatic heterocycles. The topological polar surface area (TPSA) is 72.3 Å². The van der Waals surface area contributed by atoms with Gasteiger partial charge in [-0.15, -0.1) is 0 Å². The summed E-state index contributed by atoms with van der Waals surface area (Å²) in [6.07, 6.45) is 0. The molecule has 0 bridgehead atoms. The highest BCUT2D eigenvalue weighted by Gasteiger charge is 2.25. The fourth-order valence-corrected chi connectivity index (χ4v) is 3.74. The monoisotopic (exact) mass is 359 g/mol. The van der Waals surface area contributed by atoms with E-state index in [0.29, 0.717) is 24.1 Å². The molecule has 2 aromatic rings. The maximum atomic E-state index is 13.0. The highest BCUT2D eigenvalue weighted by Crippen LogP contribution is 2.22. The van der Waals surface area contributed by atoms with Crippen molar-refractivity contribution in [3.05, 3.63) is 23.0 Å². The number of fused-ring (bicyclic) bond motifs is 1. The summed E-state index contributed by atoms with van der Waals surface area (Å²) in [5.41, 5.74) is 3.05. The molecule has 3 heterocycles. The van der Waals surface area contributed by atoms with E-state index in [0.717, 1.165) is 48.7 Å². The van der Waals surface area contributed by atoms with Crippen LogP contribution in [0.3, 0.4) is 0 Å². The van der Waals surface area contributed by atoms with Gasteiger partial charge in [-0.1, -0.05) is 13.8 Å². The number of pyridine rings is 1. The van der Waals surface area contributed by atoms with E-state index in [-0.39, 0.29) is 5.91 Å². The quantitative estimate of drug-likeness (QED) is 0.879. The van der Waals surface area contributed by atoms with Gasteiger partial charge in [-0.3, -0.25) is 14.4 Å². The van der Waals surface area contributed by atoms with Crippen molar-refractivity contribution in [1.29, 1.82) is 0 Å². The summed E-state index contributed by atoms with van der Waals surface area (Å²) < 4.78 is 7.19. The van der Waals surface area contributed by atoms with Crippen molar-refractivity contribution in [1.82, 2.24) is 25.0 Å². The van der Waals surface area contributed by atoms with E-state index in [1.54, 1.807) is 4.68 Å². The first kappa shape index (κ1) is 18.8. The summed E-state index contributed by atoms with van der Waals surface area (Å²) in [6.45, 7) is 12.2. The molecule has 1 atom stereocenters. The zero-order valence-electron chi connectivity index (χ0n) is 16.4. The third-order valence-electron chi connectivity index (χ3n) is 5.10. The number of nitrogens with one attached hydrogen (secondary N) is 1. The average Bonchev–Trinajstić information content (AvgIpc) is 2.89. The Labute approximate surface area is 154 Å². The van der Waals surface area contributed by atoms with Crippen molar-refractivity contribution in [3.8, 4) is 0 Å². The van der Waals surface area contributed by atoms with Crippen molar-refractivity contribution >= 4 is 16.9 Å². The number of amides is 1. The van der Waals surface area contributed by atoms with Crippen LogP contribution in [0.5, 0.6) is 0 Å². The van der Waals surface area contributed by atoms with Gasteiger partial charge < -0.3 is 10.1 Å². The summed E-state index contributed by atoms with van der Waals surface area (Å²) in [5.74, 6) is 0.392. The number of carbonyl (C=O) groups excluding carboxylic acids is 1. The number of carbonyl (C=O) groups is 1. The highest BCUT2D eigenvalue weighted by molar-refractivity contribution is 6.06. The van der Waals surface area contributed by atoms with Crippen molar-refractivity contribution in [2.75, 3.05) is 32.8 Å². The predicted molar refractivity (Wildman–Crippen MR) is 101 cm³/mol. The molecule has 1 aliphatic rings. The first-order valence-corrected chi connectivity index (χ1v) is 9.29. The number of hydrogen-bond acceptors (Lipinski definition) is 5. The van der Waals surface area contributed by atoms with E-state index in [4.69, 9.17) is 4.74 Å². The lowest BCUT2D eigenvalue weighted by Gasteiger charge is -2.36. The molecule has 1 saturated heterocycles. The van der Waals surface area contributed by atoms with Crippen LogP contribution in [0.15, 0.2) is 6.07 Å². The molecule has 7 nitrogen and oxygen atoms in total. The number of morpholine rings is 1. The second-order valence-corrected chi connectivity index (χ2v) is 7.39. The van der Waals surface area contributed by atoms with Crippen LogP contribution in [0.1, 0.15) is 35.6 Å². The molecule has 1 fully saturated rings. The molecule has 1 aliphatic heterocycles. The summed E-state index contributed by atoms with van der Waals surface area (Å²) >= 11 is 0. The summed E-state index contributed by atoms with van der Waals surface area (Å²) in [7, 11) is 1.86. The Morgan fingerprint density at radius 1 is 1.31 bits per heavy atom. The minimum Gasteiger partial charge on any atom is -0.379 e. The molecule has 0 spiro atoms. The van der Waals surface area contributed by atoms with Crippen LogP contribution in [0.25, 0.3) is 11.0 Å². The molecule has 0 aliphatic carbocycles. The highest BCUT2D eigenvalue weighted by atomic mass is 16.5. The normalized spacial score (nSPS) is 17.0. The van der Waals surface area contributed by atoms with Gasteiger partial charge in [0.05, 0.1) is 29.9 Å². The van der Waals surface area contributed by atoms with Gasteiger partial charge in [0, 0.05) is 38.4 Å². The minimum absolute atomic E-state index is 0.0597. The van der Waals surface area contributed by atoms with Gasteiger partial charge in [-0.05, 0) is 25.8 Å². The SMILES string of the molecule is Cc1cc(C(=O)NCC(C(C)C)N2CCOCC2)c2c(C)nn(C)c2n1. The van der Waals surface area contributed by atoms with Crippen LogP contribution in [-0.2, 0) is 11.8 Å². The van der Waals surface area contributed by atoms with Crippen LogP contribution >= 0.6 is 0 Å². The number of aromatic nitrogens is 3. The van der Waals surface area contributed by atoms with Gasteiger partial charge in [0.2, 0.25) is 0 Å². The lowest BCUT2D eigenvalue weighted by atomic mass is 10.0. The van der Waals surface area contributed by atoms with Gasteiger partial charge >= 0.3 is 0 Å². The molecular formula is C19H29N5O2. The maximum Gasteiger partial charge on any atom is 0.252 e. The number of ether oxygens (including phenoxy) is 1. The Morgan fingerprint density at radius 3 is 2.65 bits per heavy atom. The lowest BCUT2D eigenvalue weighted by molar-refractivity contribution is 0.00673. The first-order chi connectivity index (χ1) is 12.4. The first-order valence-electron chi connectivity index (χ1n) is 9.29. The Hall–Kier alpha value is -1.99. The molecule has 0 radical (unpaired) electrons. The van der Waals surface area contributed by atoms with Crippen molar-refractivity contribution in [2.24, 2.45) is 13.0 Å². The van der Waals surface area contributed by atoms with Crippen LogP contribution in [0, 0.1) is 19.8 Å². The van der Waals surface area contributed by atoms with Crippen LogP contribution in [0.4, 0.5) is 0 Å². The van der Waals surface area contributed by atoms with Crippen LogP contribution in [0.2, 0.25) is 0 Å². The lowest BCUT2D eigenvalue weighted by Crippen LogP contribution is -2.51. The van der Waals surface area contributed by atoms with Crippen molar-refractivity contribution < 1.29 is 9.53 Å².